The first-order valence-corrected chi connectivity index (χ1v) is 7.54. The Labute approximate surface area is 123 Å². The van der Waals surface area contributed by atoms with Crippen molar-refractivity contribution in [1.82, 2.24) is 10.3 Å². The Morgan fingerprint density at radius 2 is 2.00 bits per heavy atom. The molecule has 1 aromatic rings. The maximum absolute atomic E-state index is 12.0. The molecule has 0 spiro atoms. The van der Waals surface area contributed by atoms with Crippen molar-refractivity contribution in [3.63, 3.8) is 0 Å². The van der Waals surface area contributed by atoms with Gasteiger partial charge in [-0.1, -0.05) is 27.7 Å². The summed E-state index contributed by atoms with van der Waals surface area (Å²) in [5.74, 6) is -0.299. The summed E-state index contributed by atoms with van der Waals surface area (Å²) in [5, 5.41) is 5.61. The van der Waals surface area contributed by atoms with Gasteiger partial charge in [0.2, 0.25) is 5.91 Å². The first kappa shape index (κ1) is 16.6. The summed E-state index contributed by atoms with van der Waals surface area (Å²) in [6, 6.07) is -0.615. The van der Waals surface area contributed by atoms with Crippen LogP contribution in [0.5, 0.6) is 0 Å². The minimum atomic E-state index is -0.615. The number of thiazole rings is 1. The van der Waals surface area contributed by atoms with E-state index >= 15 is 0 Å². The lowest BCUT2D eigenvalue weighted by Crippen LogP contribution is -2.45. The Balaban J connectivity index is 2.63. The molecule has 1 rings (SSSR count). The standard InChI is InChI=1S/C14H22N2O3S/c1-8(2)12(14(18)19-5)16-11(17)6-10-7-20-13(15-10)9(3)4/h7-9,12H,6H2,1-5H3,(H,16,17). The molecule has 0 bridgehead atoms. The van der Waals surface area contributed by atoms with Gasteiger partial charge in [0.25, 0.3) is 0 Å². The summed E-state index contributed by atoms with van der Waals surface area (Å²) in [6.07, 6.45) is 0.184. The molecular formula is C14H22N2O3S. The van der Waals surface area contributed by atoms with Crippen LogP contribution in [-0.2, 0) is 20.7 Å². The fourth-order valence-electron chi connectivity index (χ4n) is 1.68. The van der Waals surface area contributed by atoms with E-state index in [-0.39, 0.29) is 18.2 Å². The zero-order valence-corrected chi connectivity index (χ0v) is 13.4. The number of carbonyl (C=O) groups is 2. The van der Waals surface area contributed by atoms with Crippen molar-refractivity contribution in [2.45, 2.75) is 46.1 Å². The number of rotatable bonds is 6. The van der Waals surface area contributed by atoms with Gasteiger partial charge in [-0.2, -0.15) is 0 Å². The second kappa shape index (κ2) is 7.38. The van der Waals surface area contributed by atoms with Crippen molar-refractivity contribution in [2.75, 3.05) is 7.11 Å². The normalized spacial score (nSPS) is 12.6. The van der Waals surface area contributed by atoms with Gasteiger partial charge in [0.15, 0.2) is 0 Å². The number of carbonyl (C=O) groups excluding carboxylic acids is 2. The van der Waals surface area contributed by atoms with Crippen LogP contribution in [0.3, 0.4) is 0 Å². The quantitative estimate of drug-likeness (QED) is 0.817. The lowest BCUT2D eigenvalue weighted by Gasteiger charge is -2.19. The van der Waals surface area contributed by atoms with E-state index in [2.05, 4.69) is 24.1 Å². The van der Waals surface area contributed by atoms with E-state index in [4.69, 9.17) is 4.74 Å². The van der Waals surface area contributed by atoms with Gasteiger partial charge in [0, 0.05) is 11.3 Å². The number of amides is 1. The molecule has 1 N–H and O–H groups in total. The van der Waals surface area contributed by atoms with Gasteiger partial charge in [0.05, 0.1) is 24.2 Å². The molecule has 0 radical (unpaired) electrons. The zero-order chi connectivity index (χ0) is 15.3. The van der Waals surface area contributed by atoms with Gasteiger partial charge in [-0.05, 0) is 5.92 Å². The smallest absolute Gasteiger partial charge is 0.328 e. The van der Waals surface area contributed by atoms with Crippen LogP contribution in [0.4, 0.5) is 0 Å². The highest BCUT2D eigenvalue weighted by atomic mass is 32.1. The average molecular weight is 298 g/mol. The number of hydrogen-bond acceptors (Lipinski definition) is 5. The molecule has 0 fully saturated rings. The zero-order valence-electron chi connectivity index (χ0n) is 12.6. The predicted molar refractivity (Wildman–Crippen MR) is 78.7 cm³/mol. The Morgan fingerprint density at radius 1 is 1.35 bits per heavy atom. The van der Waals surface area contributed by atoms with Crippen LogP contribution >= 0.6 is 11.3 Å². The summed E-state index contributed by atoms with van der Waals surface area (Å²) in [6.45, 7) is 7.85. The summed E-state index contributed by atoms with van der Waals surface area (Å²) < 4.78 is 4.69. The first-order chi connectivity index (χ1) is 9.35. The highest BCUT2D eigenvalue weighted by Crippen LogP contribution is 2.19. The van der Waals surface area contributed by atoms with Gasteiger partial charge >= 0.3 is 5.97 Å². The first-order valence-electron chi connectivity index (χ1n) is 6.66. The van der Waals surface area contributed by atoms with Gasteiger partial charge in [-0.25, -0.2) is 9.78 Å². The molecule has 1 aromatic heterocycles. The lowest BCUT2D eigenvalue weighted by molar-refractivity contribution is -0.146. The van der Waals surface area contributed by atoms with Crippen LogP contribution in [0.25, 0.3) is 0 Å². The van der Waals surface area contributed by atoms with E-state index in [1.807, 2.05) is 19.2 Å². The van der Waals surface area contributed by atoms with Gasteiger partial charge in [0.1, 0.15) is 6.04 Å². The molecule has 1 amide bonds. The molecule has 1 unspecified atom stereocenters. The summed E-state index contributed by atoms with van der Waals surface area (Å²) in [5.41, 5.74) is 0.739. The van der Waals surface area contributed by atoms with Crippen LogP contribution in [0.1, 0.15) is 44.3 Å². The van der Waals surface area contributed by atoms with Crippen molar-refractivity contribution in [3.05, 3.63) is 16.1 Å². The largest absolute Gasteiger partial charge is 0.467 e. The third-order valence-corrected chi connectivity index (χ3v) is 4.04. The van der Waals surface area contributed by atoms with E-state index in [9.17, 15) is 9.59 Å². The van der Waals surface area contributed by atoms with E-state index in [0.717, 1.165) is 10.7 Å². The van der Waals surface area contributed by atoms with Crippen molar-refractivity contribution in [2.24, 2.45) is 5.92 Å². The van der Waals surface area contributed by atoms with Crippen LogP contribution in [0, 0.1) is 5.92 Å². The van der Waals surface area contributed by atoms with Gasteiger partial charge < -0.3 is 10.1 Å². The molecular weight excluding hydrogens is 276 g/mol. The summed E-state index contributed by atoms with van der Waals surface area (Å²) in [4.78, 5) is 28.0. The SMILES string of the molecule is COC(=O)C(NC(=O)Cc1csc(C(C)C)n1)C(C)C. The van der Waals surface area contributed by atoms with E-state index in [1.165, 1.54) is 7.11 Å². The molecule has 112 valence electrons. The maximum Gasteiger partial charge on any atom is 0.328 e. The Morgan fingerprint density at radius 3 is 2.45 bits per heavy atom. The molecule has 20 heavy (non-hydrogen) atoms. The Hall–Kier alpha value is -1.43. The number of nitrogens with zero attached hydrogens (tertiary/aromatic N) is 1. The number of nitrogens with one attached hydrogen (secondary N) is 1. The third kappa shape index (κ3) is 4.59. The molecule has 0 saturated carbocycles. The maximum atomic E-state index is 12.0. The third-order valence-electron chi connectivity index (χ3n) is 2.84. The molecule has 0 saturated heterocycles. The molecule has 1 heterocycles. The monoisotopic (exact) mass is 298 g/mol. The molecule has 0 aliphatic carbocycles. The highest BCUT2D eigenvalue weighted by molar-refractivity contribution is 7.09. The van der Waals surface area contributed by atoms with Crippen molar-refractivity contribution in [3.8, 4) is 0 Å². The topological polar surface area (TPSA) is 68.3 Å². The highest BCUT2D eigenvalue weighted by Gasteiger charge is 2.25. The van der Waals surface area contributed by atoms with E-state index in [0.29, 0.717) is 5.92 Å². The molecule has 0 aromatic carbocycles. The van der Waals surface area contributed by atoms with Crippen molar-refractivity contribution < 1.29 is 14.3 Å². The second-order valence-electron chi connectivity index (χ2n) is 5.32. The van der Waals surface area contributed by atoms with Gasteiger partial charge in [-0.15, -0.1) is 11.3 Å². The number of methoxy groups -OCH3 is 1. The fraction of sp³-hybridized carbons (Fsp3) is 0.643. The van der Waals surface area contributed by atoms with Gasteiger partial charge in [-0.3, -0.25) is 4.79 Å². The number of esters is 1. The Bertz CT molecular complexity index is 469. The number of hydrogen-bond donors (Lipinski definition) is 1. The van der Waals surface area contributed by atoms with E-state index in [1.54, 1.807) is 11.3 Å². The summed E-state index contributed by atoms with van der Waals surface area (Å²) in [7, 11) is 1.32. The second-order valence-corrected chi connectivity index (χ2v) is 6.21. The molecule has 1 atom stereocenters. The van der Waals surface area contributed by atoms with E-state index < -0.39 is 12.0 Å². The number of ether oxygens (including phenoxy) is 1. The average Bonchev–Trinajstić information content (AvgIpc) is 2.83. The van der Waals surface area contributed by atoms with Crippen LogP contribution in [0.2, 0.25) is 0 Å². The van der Waals surface area contributed by atoms with Crippen molar-refractivity contribution in [1.29, 1.82) is 0 Å². The molecule has 0 aliphatic rings. The van der Waals surface area contributed by atoms with Crippen LogP contribution in [-0.4, -0.2) is 30.0 Å². The fourth-order valence-corrected chi connectivity index (χ4v) is 2.52. The minimum absolute atomic E-state index is 0.0203. The van der Waals surface area contributed by atoms with Crippen LogP contribution < -0.4 is 5.32 Å². The Kier molecular flexibility index (Phi) is 6.13. The molecule has 0 aliphatic heterocycles. The minimum Gasteiger partial charge on any atom is -0.467 e. The number of aromatic nitrogens is 1. The predicted octanol–water partition coefficient (Wildman–Crippen LogP) is 2.12. The van der Waals surface area contributed by atoms with Crippen molar-refractivity contribution >= 4 is 23.2 Å². The molecule has 5 nitrogen and oxygen atoms in total. The molecule has 6 heteroatoms. The lowest BCUT2D eigenvalue weighted by atomic mass is 10.0. The summed E-state index contributed by atoms with van der Waals surface area (Å²) >= 11 is 1.55. The van der Waals surface area contributed by atoms with Crippen LogP contribution in [0.15, 0.2) is 5.38 Å².